The lowest BCUT2D eigenvalue weighted by Gasteiger charge is -2.08. The average Bonchev–Trinajstić information content (AvgIpc) is 2.95. The third-order valence-electron chi connectivity index (χ3n) is 2.70. The summed E-state index contributed by atoms with van der Waals surface area (Å²) in [6, 6.07) is 0. The predicted octanol–water partition coefficient (Wildman–Crippen LogP) is 1.21. The first kappa shape index (κ1) is 10.8. The van der Waals surface area contributed by atoms with Gasteiger partial charge < -0.3 is 15.5 Å². The van der Waals surface area contributed by atoms with E-state index in [4.69, 9.17) is 10.5 Å². The Hall–Kier alpha value is -1.34. The Kier molecular flexibility index (Phi) is 2.86. The minimum Gasteiger partial charge on any atom is -0.377 e. The first-order chi connectivity index (χ1) is 8.33. The van der Waals surface area contributed by atoms with Crippen molar-refractivity contribution in [2.24, 2.45) is 0 Å². The van der Waals surface area contributed by atoms with Crippen LogP contribution in [0.25, 0.3) is 11.2 Å². The molecule has 0 aliphatic carbocycles. The number of thioether (sulfide) groups is 1. The summed E-state index contributed by atoms with van der Waals surface area (Å²) in [5.41, 5.74) is 7.11. The van der Waals surface area contributed by atoms with Crippen molar-refractivity contribution < 1.29 is 4.74 Å². The average molecular weight is 251 g/mol. The van der Waals surface area contributed by atoms with E-state index in [9.17, 15) is 0 Å². The summed E-state index contributed by atoms with van der Waals surface area (Å²) in [4.78, 5) is 15.4. The highest BCUT2D eigenvalue weighted by Gasteiger charge is 2.17. The van der Waals surface area contributed by atoms with Gasteiger partial charge in [0, 0.05) is 12.4 Å². The SMILES string of the molecule is Nc1nc(SCC2CCCO2)c2[nH]cnc2n1. The second-order valence-corrected chi connectivity index (χ2v) is 4.94. The van der Waals surface area contributed by atoms with Crippen LogP contribution in [0, 0.1) is 0 Å². The standard InChI is InChI=1S/C10H13N5OS/c11-10-14-8-7(12-5-13-8)9(15-10)17-4-6-2-1-3-16-6/h5-6H,1-4H2,(H3,11,12,13,14,15). The van der Waals surface area contributed by atoms with Crippen LogP contribution >= 0.6 is 11.8 Å². The van der Waals surface area contributed by atoms with Crippen molar-refractivity contribution in [3.8, 4) is 0 Å². The molecule has 1 fully saturated rings. The Balaban J connectivity index is 1.81. The van der Waals surface area contributed by atoms with Crippen molar-refractivity contribution in [2.75, 3.05) is 18.1 Å². The van der Waals surface area contributed by atoms with Gasteiger partial charge in [0.15, 0.2) is 5.65 Å². The quantitative estimate of drug-likeness (QED) is 0.629. The largest absolute Gasteiger partial charge is 0.377 e. The van der Waals surface area contributed by atoms with E-state index in [-0.39, 0.29) is 5.95 Å². The molecular weight excluding hydrogens is 238 g/mol. The van der Waals surface area contributed by atoms with E-state index in [2.05, 4.69) is 19.9 Å². The van der Waals surface area contributed by atoms with E-state index in [0.717, 1.165) is 35.7 Å². The number of nitrogens with zero attached hydrogens (tertiary/aromatic N) is 3. The molecule has 1 aliphatic rings. The normalized spacial score (nSPS) is 20.1. The highest BCUT2D eigenvalue weighted by atomic mass is 32.2. The summed E-state index contributed by atoms with van der Waals surface area (Å²) in [7, 11) is 0. The molecule has 1 saturated heterocycles. The second kappa shape index (κ2) is 4.50. The van der Waals surface area contributed by atoms with E-state index in [1.807, 2.05) is 0 Å². The number of hydrogen-bond acceptors (Lipinski definition) is 6. The summed E-state index contributed by atoms with van der Waals surface area (Å²) >= 11 is 1.64. The van der Waals surface area contributed by atoms with Crippen molar-refractivity contribution in [1.82, 2.24) is 19.9 Å². The van der Waals surface area contributed by atoms with E-state index >= 15 is 0 Å². The third kappa shape index (κ3) is 2.20. The molecule has 3 rings (SSSR count). The molecule has 6 nitrogen and oxygen atoms in total. The van der Waals surface area contributed by atoms with Crippen LogP contribution in [0.1, 0.15) is 12.8 Å². The number of ether oxygens (including phenoxy) is 1. The van der Waals surface area contributed by atoms with Gasteiger partial charge in [-0.1, -0.05) is 0 Å². The fourth-order valence-corrected chi connectivity index (χ4v) is 2.93. The number of nitrogen functional groups attached to an aromatic ring is 1. The molecule has 0 saturated carbocycles. The maximum Gasteiger partial charge on any atom is 0.223 e. The van der Waals surface area contributed by atoms with Gasteiger partial charge in [-0.2, -0.15) is 4.98 Å². The lowest BCUT2D eigenvalue weighted by molar-refractivity contribution is 0.129. The lowest BCUT2D eigenvalue weighted by Crippen LogP contribution is -2.08. The highest BCUT2D eigenvalue weighted by molar-refractivity contribution is 7.99. The summed E-state index contributed by atoms with van der Waals surface area (Å²) in [5, 5.41) is 0.848. The number of H-pyrrole nitrogens is 1. The van der Waals surface area contributed by atoms with Crippen molar-refractivity contribution >= 4 is 28.9 Å². The molecule has 17 heavy (non-hydrogen) atoms. The second-order valence-electron chi connectivity index (χ2n) is 3.93. The zero-order chi connectivity index (χ0) is 11.7. The number of nitrogens with two attached hydrogens (primary N) is 1. The number of imidazole rings is 1. The van der Waals surface area contributed by atoms with Crippen LogP contribution < -0.4 is 5.73 Å². The summed E-state index contributed by atoms with van der Waals surface area (Å²) in [6.45, 7) is 0.872. The van der Waals surface area contributed by atoms with E-state index in [1.165, 1.54) is 0 Å². The smallest absolute Gasteiger partial charge is 0.223 e. The van der Waals surface area contributed by atoms with Crippen LogP contribution in [-0.4, -0.2) is 38.4 Å². The molecule has 3 heterocycles. The first-order valence-electron chi connectivity index (χ1n) is 5.54. The van der Waals surface area contributed by atoms with Gasteiger partial charge in [-0.05, 0) is 12.8 Å². The van der Waals surface area contributed by atoms with E-state index in [1.54, 1.807) is 18.1 Å². The molecule has 0 aromatic carbocycles. The maximum atomic E-state index is 5.65. The van der Waals surface area contributed by atoms with Crippen LogP contribution in [0.4, 0.5) is 5.95 Å². The summed E-state index contributed by atoms with van der Waals surface area (Å²) < 4.78 is 5.58. The fraction of sp³-hybridized carbons (Fsp3) is 0.500. The molecule has 3 N–H and O–H groups in total. The molecule has 0 radical (unpaired) electrons. The highest BCUT2D eigenvalue weighted by Crippen LogP contribution is 2.26. The zero-order valence-corrected chi connectivity index (χ0v) is 10.0. The molecule has 1 atom stereocenters. The molecule has 0 bridgehead atoms. The number of rotatable bonds is 3. The minimum absolute atomic E-state index is 0.263. The van der Waals surface area contributed by atoms with Crippen LogP contribution in [0.3, 0.4) is 0 Å². The number of anilines is 1. The van der Waals surface area contributed by atoms with Gasteiger partial charge in [-0.15, -0.1) is 11.8 Å². The minimum atomic E-state index is 0.263. The Morgan fingerprint density at radius 1 is 1.53 bits per heavy atom. The third-order valence-corrected chi connectivity index (χ3v) is 3.81. The molecule has 1 aliphatic heterocycles. The molecule has 2 aromatic rings. The summed E-state index contributed by atoms with van der Waals surface area (Å²) in [6.07, 6.45) is 4.21. The van der Waals surface area contributed by atoms with Gasteiger partial charge in [-0.3, -0.25) is 0 Å². The van der Waals surface area contributed by atoms with Crippen LogP contribution in [0.5, 0.6) is 0 Å². The molecular formula is C10H13N5OS. The molecule has 1 unspecified atom stereocenters. The molecule has 2 aromatic heterocycles. The Bertz CT molecular complexity index is 522. The molecule has 90 valence electrons. The topological polar surface area (TPSA) is 89.7 Å². The lowest BCUT2D eigenvalue weighted by atomic mass is 10.3. The van der Waals surface area contributed by atoms with Gasteiger partial charge in [0.05, 0.1) is 12.4 Å². The number of hydrogen-bond donors (Lipinski definition) is 2. The van der Waals surface area contributed by atoms with Crippen molar-refractivity contribution in [3.05, 3.63) is 6.33 Å². The Morgan fingerprint density at radius 3 is 3.29 bits per heavy atom. The number of aromatic amines is 1. The van der Waals surface area contributed by atoms with Crippen molar-refractivity contribution in [2.45, 2.75) is 24.0 Å². The van der Waals surface area contributed by atoms with Gasteiger partial charge >= 0.3 is 0 Å². The maximum absolute atomic E-state index is 5.65. The summed E-state index contributed by atoms with van der Waals surface area (Å²) in [5.74, 6) is 1.16. The predicted molar refractivity (Wildman–Crippen MR) is 65.8 cm³/mol. The Labute approximate surface area is 102 Å². The molecule has 7 heteroatoms. The molecule has 0 amide bonds. The zero-order valence-electron chi connectivity index (χ0n) is 9.22. The van der Waals surface area contributed by atoms with Gasteiger partial charge in [0.25, 0.3) is 0 Å². The van der Waals surface area contributed by atoms with Crippen molar-refractivity contribution in [1.29, 1.82) is 0 Å². The van der Waals surface area contributed by atoms with E-state index < -0.39 is 0 Å². The van der Waals surface area contributed by atoms with Gasteiger partial charge in [-0.25, -0.2) is 9.97 Å². The number of aromatic nitrogens is 4. The van der Waals surface area contributed by atoms with Crippen LogP contribution in [0.2, 0.25) is 0 Å². The van der Waals surface area contributed by atoms with Crippen LogP contribution in [-0.2, 0) is 4.74 Å². The number of fused-ring (bicyclic) bond motifs is 1. The number of nitrogens with one attached hydrogen (secondary N) is 1. The van der Waals surface area contributed by atoms with E-state index in [0.29, 0.717) is 11.8 Å². The van der Waals surface area contributed by atoms with Gasteiger partial charge in [0.1, 0.15) is 10.5 Å². The first-order valence-corrected chi connectivity index (χ1v) is 6.52. The van der Waals surface area contributed by atoms with Gasteiger partial charge in [0.2, 0.25) is 5.95 Å². The van der Waals surface area contributed by atoms with Crippen LogP contribution in [0.15, 0.2) is 11.4 Å². The van der Waals surface area contributed by atoms with Crippen molar-refractivity contribution in [3.63, 3.8) is 0 Å². The fourth-order valence-electron chi connectivity index (χ4n) is 1.87. The molecule has 0 spiro atoms. The Morgan fingerprint density at radius 2 is 2.47 bits per heavy atom. The monoisotopic (exact) mass is 251 g/mol.